The molecule has 3 nitrogen and oxygen atoms in total. The van der Waals surface area contributed by atoms with Gasteiger partial charge in [-0.1, -0.05) is 0 Å². The van der Waals surface area contributed by atoms with Gasteiger partial charge in [0.1, 0.15) is 0 Å². The summed E-state index contributed by atoms with van der Waals surface area (Å²) in [6.07, 6.45) is 2.95. The van der Waals surface area contributed by atoms with E-state index in [2.05, 4.69) is 25.8 Å². The van der Waals surface area contributed by atoms with Crippen LogP contribution in [0.3, 0.4) is 0 Å². The largest absolute Gasteiger partial charge is 0.377 e. The van der Waals surface area contributed by atoms with Crippen LogP contribution in [0.4, 0.5) is 0 Å². The molecule has 84 valence electrons. The first-order valence-corrected chi connectivity index (χ1v) is 5.67. The summed E-state index contributed by atoms with van der Waals surface area (Å²) in [5, 5.41) is 0. The smallest absolute Gasteiger partial charge is 0.0596 e. The zero-order valence-corrected chi connectivity index (χ0v) is 9.70. The molecule has 1 aliphatic rings. The molecule has 1 rings (SSSR count). The summed E-state index contributed by atoms with van der Waals surface area (Å²) in [7, 11) is 2.18. The minimum Gasteiger partial charge on any atom is -0.377 e. The fraction of sp³-hybridized carbons (Fsp3) is 1.00. The van der Waals surface area contributed by atoms with E-state index in [-0.39, 0.29) is 0 Å². The lowest BCUT2D eigenvalue weighted by atomic mass is 9.79. The summed E-state index contributed by atoms with van der Waals surface area (Å²) in [5.74, 6) is 0.721. The molecule has 1 saturated carbocycles. The van der Waals surface area contributed by atoms with E-state index in [0.717, 1.165) is 25.6 Å². The van der Waals surface area contributed by atoms with E-state index in [1.165, 1.54) is 12.8 Å². The number of nitrogens with zero attached hydrogens (tertiary/aromatic N) is 1. The average molecular weight is 200 g/mol. The van der Waals surface area contributed by atoms with Crippen molar-refractivity contribution in [2.45, 2.75) is 38.8 Å². The molecule has 0 radical (unpaired) electrons. The van der Waals surface area contributed by atoms with Crippen LogP contribution < -0.4 is 5.73 Å². The van der Waals surface area contributed by atoms with Gasteiger partial charge in [0, 0.05) is 12.6 Å². The highest BCUT2D eigenvalue weighted by atomic mass is 16.5. The Morgan fingerprint density at radius 3 is 2.57 bits per heavy atom. The molecule has 2 N–H and O–H groups in total. The topological polar surface area (TPSA) is 38.5 Å². The van der Waals surface area contributed by atoms with Gasteiger partial charge in [0.15, 0.2) is 0 Å². The predicted molar refractivity (Wildman–Crippen MR) is 59.3 cm³/mol. The van der Waals surface area contributed by atoms with E-state index in [4.69, 9.17) is 10.5 Å². The molecule has 0 spiro atoms. The molecule has 1 fully saturated rings. The van der Waals surface area contributed by atoms with Crippen molar-refractivity contribution in [2.75, 3.05) is 26.7 Å². The lowest BCUT2D eigenvalue weighted by Crippen LogP contribution is -2.49. The fourth-order valence-corrected chi connectivity index (χ4v) is 2.00. The van der Waals surface area contributed by atoms with E-state index >= 15 is 0 Å². The number of rotatable bonds is 6. The monoisotopic (exact) mass is 200 g/mol. The van der Waals surface area contributed by atoms with E-state index < -0.39 is 0 Å². The molecule has 2 unspecified atom stereocenters. The van der Waals surface area contributed by atoms with Gasteiger partial charge in [0.25, 0.3) is 0 Å². The quantitative estimate of drug-likeness (QED) is 0.697. The van der Waals surface area contributed by atoms with Gasteiger partial charge in [0.2, 0.25) is 0 Å². The van der Waals surface area contributed by atoms with Gasteiger partial charge >= 0.3 is 0 Å². The van der Waals surface area contributed by atoms with Crippen molar-refractivity contribution in [1.29, 1.82) is 0 Å². The zero-order valence-electron chi connectivity index (χ0n) is 9.70. The Morgan fingerprint density at radius 1 is 1.43 bits per heavy atom. The summed E-state index contributed by atoms with van der Waals surface area (Å²) in [6.45, 7) is 6.85. The van der Waals surface area contributed by atoms with Crippen LogP contribution in [-0.2, 0) is 4.74 Å². The van der Waals surface area contributed by atoms with E-state index in [1.807, 2.05) is 0 Å². The van der Waals surface area contributed by atoms with Gasteiger partial charge < -0.3 is 15.4 Å². The SMILES string of the molecule is CC(C)OCCN(C)C1CCC1CN. The first-order valence-electron chi connectivity index (χ1n) is 5.67. The molecule has 0 heterocycles. The molecule has 0 aromatic heterocycles. The highest BCUT2D eigenvalue weighted by Gasteiger charge is 2.32. The molecule has 0 aliphatic heterocycles. The van der Waals surface area contributed by atoms with Crippen molar-refractivity contribution in [3.8, 4) is 0 Å². The van der Waals surface area contributed by atoms with Crippen LogP contribution in [0.1, 0.15) is 26.7 Å². The molecule has 14 heavy (non-hydrogen) atoms. The molecule has 0 aromatic carbocycles. The van der Waals surface area contributed by atoms with E-state index in [9.17, 15) is 0 Å². The van der Waals surface area contributed by atoms with Crippen molar-refractivity contribution >= 4 is 0 Å². The number of ether oxygens (including phenoxy) is 1. The third-order valence-electron chi connectivity index (χ3n) is 3.14. The summed E-state index contributed by atoms with van der Waals surface area (Å²) >= 11 is 0. The Hall–Kier alpha value is -0.120. The Labute approximate surface area is 87.6 Å². The molecular weight excluding hydrogens is 176 g/mol. The molecule has 0 amide bonds. The van der Waals surface area contributed by atoms with Crippen molar-refractivity contribution in [2.24, 2.45) is 11.7 Å². The lowest BCUT2D eigenvalue weighted by Gasteiger charge is -2.42. The normalized spacial score (nSPS) is 27.0. The van der Waals surface area contributed by atoms with Gasteiger partial charge in [-0.2, -0.15) is 0 Å². The van der Waals surface area contributed by atoms with Crippen LogP contribution in [0.2, 0.25) is 0 Å². The number of hydrogen-bond donors (Lipinski definition) is 1. The van der Waals surface area contributed by atoms with Crippen molar-refractivity contribution in [3.63, 3.8) is 0 Å². The molecule has 1 aliphatic carbocycles. The highest BCUT2D eigenvalue weighted by Crippen LogP contribution is 2.30. The first-order chi connectivity index (χ1) is 6.65. The van der Waals surface area contributed by atoms with Crippen molar-refractivity contribution in [3.05, 3.63) is 0 Å². The van der Waals surface area contributed by atoms with Gasteiger partial charge in [-0.15, -0.1) is 0 Å². The summed E-state index contributed by atoms with van der Waals surface area (Å²) in [5.41, 5.74) is 5.68. The lowest BCUT2D eigenvalue weighted by molar-refractivity contribution is 0.0282. The Morgan fingerprint density at radius 2 is 2.14 bits per heavy atom. The van der Waals surface area contributed by atoms with Crippen LogP contribution in [0, 0.1) is 5.92 Å². The fourth-order valence-electron chi connectivity index (χ4n) is 2.00. The van der Waals surface area contributed by atoms with Crippen LogP contribution in [0.25, 0.3) is 0 Å². The summed E-state index contributed by atoms with van der Waals surface area (Å²) in [4.78, 5) is 2.39. The Kier molecular flexibility index (Phi) is 4.85. The first kappa shape index (κ1) is 12.0. The van der Waals surface area contributed by atoms with Crippen LogP contribution in [0.15, 0.2) is 0 Å². The van der Waals surface area contributed by atoms with Gasteiger partial charge in [-0.05, 0) is 46.2 Å². The molecule has 0 saturated heterocycles. The second-order valence-electron chi connectivity index (χ2n) is 4.54. The molecular formula is C11H24N2O. The third-order valence-corrected chi connectivity index (χ3v) is 3.14. The number of hydrogen-bond acceptors (Lipinski definition) is 3. The van der Waals surface area contributed by atoms with Gasteiger partial charge in [-0.25, -0.2) is 0 Å². The van der Waals surface area contributed by atoms with Crippen LogP contribution in [-0.4, -0.2) is 43.8 Å². The van der Waals surface area contributed by atoms with E-state index in [0.29, 0.717) is 12.1 Å². The molecule has 0 bridgehead atoms. The van der Waals surface area contributed by atoms with Gasteiger partial charge in [-0.3, -0.25) is 0 Å². The maximum atomic E-state index is 5.68. The third kappa shape index (κ3) is 3.23. The molecule has 2 atom stereocenters. The summed E-state index contributed by atoms with van der Waals surface area (Å²) in [6, 6.07) is 0.704. The van der Waals surface area contributed by atoms with Crippen LogP contribution in [0.5, 0.6) is 0 Å². The van der Waals surface area contributed by atoms with Gasteiger partial charge in [0.05, 0.1) is 12.7 Å². The summed E-state index contributed by atoms with van der Waals surface area (Å²) < 4.78 is 5.53. The van der Waals surface area contributed by atoms with Crippen molar-refractivity contribution in [1.82, 2.24) is 4.90 Å². The van der Waals surface area contributed by atoms with E-state index in [1.54, 1.807) is 0 Å². The molecule has 0 aromatic rings. The minimum absolute atomic E-state index is 0.343. The average Bonchev–Trinajstić information content (AvgIpc) is 2.02. The Bertz CT molecular complexity index is 159. The maximum absolute atomic E-state index is 5.68. The maximum Gasteiger partial charge on any atom is 0.0596 e. The second-order valence-corrected chi connectivity index (χ2v) is 4.54. The number of likely N-dealkylation sites (N-methyl/N-ethyl adjacent to an activating group) is 1. The second kappa shape index (κ2) is 5.69. The predicted octanol–water partition coefficient (Wildman–Crippen LogP) is 1.08. The number of nitrogens with two attached hydrogens (primary N) is 1. The highest BCUT2D eigenvalue weighted by molar-refractivity contribution is 4.87. The minimum atomic E-state index is 0.343. The standard InChI is InChI=1S/C11H24N2O/c1-9(2)14-7-6-13(3)11-5-4-10(11)8-12/h9-11H,4-8,12H2,1-3H3. The molecule has 3 heteroatoms. The zero-order chi connectivity index (χ0) is 10.6. The van der Waals surface area contributed by atoms with Crippen molar-refractivity contribution < 1.29 is 4.74 Å². The van der Waals surface area contributed by atoms with Crippen LogP contribution >= 0.6 is 0 Å². The Balaban J connectivity index is 2.12.